The monoisotopic (exact) mass is 430 g/mol. The van der Waals surface area contributed by atoms with Crippen molar-refractivity contribution in [2.24, 2.45) is 0 Å². The van der Waals surface area contributed by atoms with Gasteiger partial charge in [-0.1, -0.05) is 29.8 Å². The van der Waals surface area contributed by atoms with Crippen LogP contribution in [0.2, 0.25) is 5.02 Å². The molecule has 0 saturated heterocycles. The fraction of sp³-hybridized carbons (Fsp3) is 0.130. The molecule has 3 aromatic heterocycles. The van der Waals surface area contributed by atoms with Crippen molar-refractivity contribution in [3.8, 4) is 5.69 Å². The highest BCUT2D eigenvalue weighted by Crippen LogP contribution is 2.26. The molecule has 3 heterocycles. The molecule has 0 bridgehead atoms. The van der Waals surface area contributed by atoms with Crippen LogP contribution in [0.3, 0.4) is 0 Å². The maximum Gasteiger partial charge on any atom is 0.267 e. The standard InChI is InChI=1S/C23H19ClN6O/c1-13-5-3-6-15(11-13)30-22(29-18-8-4-7-17(24)19(18)23(30)31)14(2)28-21-16-9-10-25-20(16)26-12-27-21/h3-12,14H,1-2H3,(H2,25,26,27,28)/t14-/m0/s1. The van der Waals surface area contributed by atoms with Gasteiger partial charge in [0.05, 0.1) is 33.0 Å². The number of aryl methyl sites for hydroxylation is 1. The topological polar surface area (TPSA) is 88.5 Å². The van der Waals surface area contributed by atoms with E-state index in [1.807, 2.05) is 50.4 Å². The molecule has 0 aliphatic heterocycles. The molecular weight excluding hydrogens is 412 g/mol. The molecule has 7 nitrogen and oxygen atoms in total. The first-order chi connectivity index (χ1) is 15.0. The van der Waals surface area contributed by atoms with Crippen LogP contribution in [0.1, 0.15) is 24.4 Å². The summed E-state index contributed by atoms with van der Waals surface area (Å²) in [5, 5.41) is 5.04. The zero-order valence-corrected chi connectivity index (χ0v) is 17.7. The van der Waals surface area contributed by atoms with Crippen LogP contribution in [-0.2, 0) is 0 Å². The number of aromatic nitrogens is 5. The molecule has 0 radical (unpaired) electrons. The summed E-state index contributed by atoms with van der Waals surface area (Å²) in [5.41, 5.74) is 2.86. The van der Waals surface area contributed by atoms with Gasteiger partial charge in [0.15, 0.2) is 0 Å². The van der Waals surface area contributed by atoms with Crippen molar-refractivity contribution in [2.75, 3.05) is 5.32 Å². The fourth-order valence-electron chi connectivity index (χ4n) is 3.77. The number of fused-ring (bicyclic) bond motifs is 2. The number of anilines is 1. The summed E-state index contributed by atoms with van der Waals surface area (Å²) in [6.07, 6.45) is 3.31. The Morgan fingerprint density at radius 1 is 1.13 bits per heavy atom. The predicted octanol–water partition coefficient (Wildman–Crippen LogP) is 4.79. The van der Waals surface area contributed by atoms with E-state index in [-0.39, 0.29) is 11.6 Å². The minimum absolute atomic E-state index is 0.209. The fourth-order valence-corrected chi connectivity index (χ4v) is 4.02. The zero-order valence-electron chi connectivity index (χ0n) is 16.9. The van der Waals surface area contributed by atoms with Crippen LogP contribution >= 0.6 is 11.6 Å². The third kappa shape index (κ3) is 3.33. The van der Waals surface area contributed by atoms with Crippen molar-refractivity contribution < 1.29 is 0 Å². The Morgan fingerprint density at radius 2 is 1.97 bits per heavy atom. The Kier molecular flexibility index (Phi) is 4.67. The van der Waals surface area contributed by atoms with Gasteiger partial charge < -0.3 is 10.3 Å². The van der Waals surface area contributed by atoms with Gasteiger partial charge in [0.1, 0.15) is 23.6 Å². The molecule has 0 fully saturated rings. The number of aromatic amines is 1. The molecule has 0 amide bonds. The molecule has 8 heteroatoms. The van der Waals surface area contributed by atoms with Crippen molar-refractivity contribution in [1.82, 2.24) is 24.5 Å². The molecule has 2 N–H and O–H groups in total. The summed E-state index contributed by atoms with van der Waals surface area (Å²) in [6.45, 7) is 3.94. The van der Waals surface area contributed by atoms with Crippen LogP contribution in [0, 0.1) is 6.92 Å². The number of halogens is 1. The highest BCUT2D eigenvalue weighted by Gasteiger charge is 2.20. The first-order valence-electron chi connectivity index (χ1n) is 9.86. The van der Waals surface area contributed by atoms with E-state index in [0.717, 1.165) is 22.3 Å². The van der Waals surface area contributed by atoms with Gasteiger partial charge in [0.2, 0.25) is 0 Å². The molecule has 5 rings (SSSR count). The minimum Gasteiger partial charge on any atom is -0.360 e. The van der Waals surface area contributed by atoms with Crippen molar-refractivity contribution in [2.45, 2.75) is 19.9 Å². The maximum absolute atomic E-state index is 13.6. The summed E-state index contributed by atoms with van der Waals surface area (Å²) < 4.78 is 1.62. The summed E-state index contributed by atoms with van der Waals surface area (Å²) in [4.78, 5) is 30.1. The number of hydrogen-bond acceptors (Lipinski definition) is 5. The second-order valence-corrected chi connectivity index (χ2v) is 7.82. The molecule has 0 unspecified atom stereocenters. The molecule has 0 aliphatic rings. The summed E-state index contributed by atoms with van der Waals surface area (Å²) in [6, 6.07) is 14.6. The number of benzene rings is 2. The quantitative estimate of drug-likeness (QED) is 0.428. The molecule has 0 spiro atoms. The van der Waals surface area contributed by atoms with Gasteiger partial charge in [-0.05, 0) is 49.7 Å². The van der Waals surface area contributed by atoms with Gasteiger partial charge >= 0.3 is 0 Å². The molecule has 154 valence electrons. The number of hydrogen-bond donors (Lipinski definition) is 2. The van der Waals surface area contributed by atoms with E-state index in [1.165, 1.54) is 6.33 Å². The van der Waals surface area contributed by atoms with E-state index < -0.39 is 0 Å². The van der Waals surface area contributed by atoms with E-state index in [0.29, 0.717) is 27.6 Å². The lowest BCUT2D eigenvalue weighted by molar-refractivity contribution is 0.731. The van der Waals surface area contributed by atoms with Crippen LogP contribution in [0.15, 0.2) is 65.8 Å². The molecular formula is C23H19ClN6O. The first-order valence-corrected chi connectivity index (χ1v) is 10.2. The average molecular weight is 431 g/mol. The van der Waals surface area contributed by atoms with E-state index >= 15 is 0 Å². The van der Waals surface area contributed by atoms with Gasteiger partial charge in [-0.3, -0.25) is 9.36 Å². The Morgan fingerprint density at radius 3 is 2.81 bits per heavy atom. The maximum atomic E-state index is 13.6. The lowest BCUT2D eigenvalue weighted by atomic mass is 10.1. The molecule has 2 aromatic carbocycles. The van der Waals surface area contributed by atoms with Gasteiger partial charge in [-0.25, -0.2) is 15.0 Å². The molecule has 31 heavy (non-hydrogen) atoms. The van der Waals surface area contributed by atoms with Gasteiger partial charge in [-0.15, -0.1) is 0 Å². The molecule has 1 atom stereocenters. The van der Waals surface area contributed by atoms with Crippen molar-refractivity contribution >= 4 is 39.4 Å². The van der Waals surface area contributed by atoms with Crippen LogP contribution in [0.5, 0.6) is 0 Å². The van der Waals surface area contributed by atoms with Crippen molar-refractivity contribution in [3.05, 3.63) is 87.8 Å². The Labute approximate surface area is 182 Å². The summed E-state index contributed by atoms with van der Waals surface area (Å²) >= 11 is 6.38. The number of rotatable bonds is 4. The Balaban J connectivity index is 1.72. The first kappa shape index (κ1) is 19.3. The highest BCUT2D eigenvalue weighted by atomic mass is 35.5. The smallest absolute Gasteiger partial charge is 0.267 e. The van der Waals surface area contributed by atoms with Gasteiger partial charge in [0, 0.05) is 6.20 Å². The van der Waals surface area contributed by atoms with Gasteiger partial charge in [0.25, 0.3) is 5.56 Å². The summed E-state index contributed by atoms with van der Waals surface area (Å²) in [7, 11) is 0. The Bertz CT molecular complexity index is 1490. The number of nitrogens with one attached hydrogen (secondary N) is 2. The largest absolute Gasteiger partial charge is 0.360 e. The molecule has 0 aliphatic carbocycles. The Hall–Kier alpha value is -3.71. The molecule has 5 aromatic rings. The van der Waals surface area contributed by atoms with E-state index in [9.17, 15) is 4.79 Å². The second-order valence-electron chi connectivity index (χ2n) is 7.41. The van der Waals surface area contributed by atoms with Crippen molar-refractivity contribution in [1.29, 1.82) is 0 Å². The van der Waals surface area contributed by atoms with Crippen LogP contribution in [0.4, 0.5) is 5.82 Å². The lowest BCUT2D eigenvalue weighted by Crippen LogP contribution is -2.27. The van der Waals surface area contributed by atoms with Crippen LogP contribution < -0.4 is 10.9 Å². The number of nitrogens with zero attached hydrogens (tertiary/aromatic N) is 4. The average Bonchev–Trinajstić information content (AvgIpc) is 3.23. The second kappa shape index (κ2) is 7.52. The van der Waals surface area contributed by atoms with Crippen LogP contribution in [-0.4, -0.2) is 24.5 Å². The number of H-pyrrole nitrogens is 1. The zero-order chi connectivity index (χ0) is 21.5. The van der Waals surface area contributed by atoms with Gasteiger partial charge in [-0.2, -0.15) is 0 Å². The van der Waals surface area contributed by atoms with E-state index in [4.69, 9.17) is 16.6 Å². The lowest BCUT2D eigenvalue weighted by Gasteiger charge is -2.20. The third-order valence-electron chi connectivity index (χ3n) is 5.23. The minimum atomic E-state index is -0.329. The van der Waals surface area contributed by atoms with Crippen molar-refractivity contribution in [3.63, 3.8) is 0 Å². The third-order valence-corrected chi connectivity index (χ3v) is 5.54. The molecule has 0 saturated carbocycles. The van der Waals surface area contributed by atoms with Crippen LogP contribution in [0.25, 0.3) is 27.6 Å². The summed E-state index contributed by atoms with van der Waals surface area (Å²) in [5.74, 6) is 1.22. The van der Waals surface area contributed by atoms with E-state index in [1.54, 1.807) is 22.8 Å². The highest BCUT2D eigenvalue weighted by molar-refractivity contribution is 6.35. The predicted molar refractivity (Wildman–Crippen MR) is 123 cm³/mol. The van der Waals surface area contributed by atoms with E-state index in [2.05, 4.69) is 20.3 Å². The normalized spacial score (nSPS) is 12.4. The SMILES string of the molecule is Cc1cccc(-n2c([C@H](C)Nc3ncnc4[nH]ccc34)nc3cccc(Cl)c3c2=O)c1.